The van der Waals surface area contributed by atoms with Crippen LogP contribution in [0.2, 0.25) is 0 Å². The van der Waals surface area contributed by atoms with Crippen LogP contribution in [-0.2, 0) is 17.8 Å². The van der Waals surface area contributed by atoms with E-state index < -0.39 is 0 Å². The van der Waals surface area contributed by atoms with Gasteiger partial charge >= 0.3 is 0 Å². The van der Waals surface area contributed by atoms with E-state index in [1.807, 2.05) is 13.1 Å². The highest BCUT2D eigenvalue weighted by atomic mass is 16.3. The predicted molar refractivity (Wildman–Crippen MR) is 78.6 cm³/mol. The Bertz CT molecular complexity index is 603. The summed E-state index contributed by atoms with van der Waals surface area (Å²) >= 11 is 0. The third-order valence-corrected chi connectivity index (χ3v) is 4.14. The zero-order valence-electron chi connectivity index (χ0n) is 12.5. The Labute approximate surface area is 124 Å². The lowest BCUT2D eigenvalue weighted by Gasteiger charge is -2.15. The molecule has 5 nitrogen and oxygen atoms in total. The smallest absolute Gasteiger partial charge is 0.223 e. The molecule has 1 amide bonds. The Morgan fingerprint density at radius 1 is 1.52 bits per heavy atom. The highest BCUT2D eigenvalue weighted by Crippen LogP contribution is 2.47. The molecule has 1 aliphatic rings. The van der Waals surface area contributed by atoms with E-state index in [1.165, 1.54) is 6.42 Å². The van der Waals surface area contributed by atoms with E-state index in [9.17, 15) is 4.79 Å². The van der Waals surface area contributed by atoms with Gasteiger partial charge in [-0.3, -0.25) is 9.89 Å². The lowest BCUT2D eigenvalue weighted by atomic mass is 10.2. The summed E-state index contributed by atoms with van der Waals surface area (Å²) in [5.41, 5.74) is 1.01. The summed E-state index contributed by atoms with van der Waals surface area (Å²) in [6.45, 7) is 2.82. The minimum atomic E-state index is 0.119. The summed E-state index contributed by atoms with van der Waals surface area (Å²) in [5.74, 6) is 3.45. The summed E-state index contributed by atoms with van der Waals surface area (Å²) in [6.07, 6.45) is 5.90. The standard InChI is InChI=1S/C16H21N3O2/c1-11-7-14(11)15-5-3-13(21-15)4-6-16(20)19(2)10-12-8-17-18-9-12/h3,5,8-9,11,14H,4,6-7,10H2,1-2H3,(H,17,18). The fourth-order valence-corrected chi connectivity index (χ4v) is 2.59. The number of furan rings is 1. The van der Waals surface area contributed by atoms with Gasteiger partial charge in [-0.15, -0.1) is 0 Å². The molecular weight excluding hydrogens is 266 g/mol. The first-order valence-electron chi connectivity index (χ1n) is 7.43. The Balaban J connectivity index is 1.47. The normalized spacial score (nSPS) is 20.5. The Morgan fingerprint density at radius 3 is 3.00 bits per heavy atom. The molecule has 2 unspecified atom stereocenters. The second-order valence-electron chi connectivity index (χ2n) is 5.98. The minimum Gasteiger partial charge on any atom is -0.466 e. The van der Waals surface area contributed by atoms with Crippen molar-refractivity contribution in [1.82, 2.24) is 15.1 Å². The molecule has 2 aromatic heterocycles. The quantitative estimate of drug-likeness (QED) is 0.888. The van der Waals surface area contributed by atoms with Crippen molar-refractivity contribution < 1.29 is 9.21 Å². The number of amides is 1. The topological polar surface area (TPSA) is 62.1 Å². The molecule has 0 bridgehead atoms. The van der Waals surface area contributed by atoms with Crippen molar-refractivity contribution in [3.05, 3.63) is 41.6 Å². The number of aromatic nitrogens is 2. The van der Waals surface area contributed by atoms with E-state index in [0.717, 1.165) is 23.0 Å². The van der Waals surface area contributed by atoms with E-state index in [0.29, 0.717) is 25.3 Å². The van der Waals surface area contributed by atoms with Crippen molar-refractivity contribution >= 4 is 5.91 Å². The van der Waals surface area contributed by atoms with Crippen LogP contribution in [0.4, 0.5) is 0 Å². The first kappa shape index (κ1) is 13.9. The lowest BCUT2D eigenvalue weighted by Crippen LogP contribution is -2.26. The molecule has 5 heteroatoms. The Kier molecular flexibility index (Phi) is 3.82. The molecule has 112 valence electrons. The average molecular weight is 287 g/mol. The lowest BCUT2D eigenvalue weighted by molar-refractivity contribution is -0.130. The van der Waals surface area contributed by atoms with Crippen molar-refractivity contribution in [3.8, 4) is 0 Å². The van der Waals surface area contributed by atoms with Crippen LogP contribution in [0.5, 0.6) is 0 Å². The van der Waals surface area contributed by atoms with Crippen molar-refractivity contribution in [1.29, 1.82) is 0 Å². The molecule has 0 saturated heterocycles. The zero-order chi connectivity index (χ0) is 14.8. The summed E-state index contributed by atoms with van der Waals surface area (Å²) in [5, 5.41) is 6.63. The SMILES string of the molecule is CC1CC1c1ccc(CCC(=O)N(C)Cc2cn[nH]c2)o1. The maximum absolute atomic E-state index is 12.1. The number of rotatable bonds is 6. The van der Waals surface area contributed by atoms with Gasteiger partial charge in [-0.25, -0.2) is 0 Å². The Morgan fingerprint density at radius 2 is 2.33 bits per heavy atom. The van der Waals surface area contributed by atoms with Crippen LogP contribution in [0, 0.1) is 5.92 Å². The predicted octanol–water partition coefficient (Wildman–Crippen LogP) is 2.72. The second kappa shape index (κ2) is 5.76. The molecule has 1 aliphatic carbocycles. The van der Waals surface area contributed by atoms with Gasteiger partial charge in [0.05, 0.1) is 6.20 Å². The number of nitrogens with zero attached hydrogens (tertiary/aromatic N) is 2. The molecule has 21 heavy (non-hydrogen) atoms. The van der Waals surface area contributed by atoms with Crippen LogP contribution in [0.1, 0.15) is 42.8 Å². The van der Waals surface area contributed by atoms with Crippen LogP contribution >= 0.6 is 0 Å². The molecule has 1 fully saturated rings. The van der Waals surface area contributed by atoms with Gasteiger partial charge in [0.1, 0.15) is 11.5 Å². The maximum Gasteiger partial charge on any atom is 0.223 e. The maximum atomic E-state index is 12.1. The third-order valence-electron chi connectivity index (χ3n) is 4.14. The molecule has 3 rings (SSSR count). The van der Waals surface area contributed by atoms with Gasteiger partial charge in [-0.1, -0.05) is 6.92 Å². The molecule has 2 heterocycles. The van der Waals surface area contributed by atoms with Gasteiger partial charge in [0.15, 0.2) is 0 Å². The summed E-state index contributed by atoms with van der Waals surface area (Å²) < 4.78 is 5.83. The number of H-pyrrole nitrogens is 1. The number of hydrogen-bond acceptors (Lipinski definition) is 3. The van der Waals surface area contributed by atoms with Crippen molar-refractivity contribution in [3.63, 3.8) is 0 Å². The molecule has 1 saturated carbocycles. The van der Waals surface area contributed by atoms with E-state index in [1.54, 1.807) is 17.3 Å². The minimum absolute atomic E-state index is 0.119. The number of carbonyl (C=O) groups is 1. The van der Waals surface area contributed by atoms with Crippen LogP contribution < -0.4 is 0 Å². The molecular formula is C16H21N3O2. The van der Waals surface area contributed by atoms with Crippen molar-refractivity contribution in [2.24, 2.45) is 5.92 Å². The average Bonchev–Trinajstić information content (AvgIpc) is 2.88. The summed E-state index contributed by atoms with van der Waals surface area (Å²) in [7, 11) is 1.81. The van der Waals surface area contributed by atoms with Gasteiger partial charge in [0, 0.05) is 44.1 Å². The fourth-order valence-electron chi connectivity index (χ4n) is 2.59. The van der Waals surface area contributed by atoms with Crippen LogP contribution in [0.3, 0.4) is 0 Å². The van der Waals surface area contributed by atoms with Gasteiger partial charge < -0.3 is 9.32 Å². The largest absolute Gasteiger partial charge is 0.466 e. The highest BCUT2D eigenvalue weighted by Gasteiger charge is 2.36. The van der Waals surface area contributed by atoms with Gasteiger partial charge in [0.25, 0.3) is 0 Å². The number of carbonyl (C=O) groups excluding carboxylic acids is 1. The molecule has 2 aromatic rings. The number of nitrogens with one attached hydrogen (secondary N) is 1. The second-order valence-corrected chi connectivity index (χ2v) is 5.98. The van der Waals surface area contributed by atoms with Crippen molar-refractivity contribution in [2.45, 2.75) is 38.6 Å². The van der Waals surface area contributed by atoms with Gasteiger partial charge in [0.2, 0.25) is 5.91 Å². The summed E-state index contributed by atoms with van der Waals surface area (Å²) in [6, 6.07) is 4.06. The summed E-state index contributed by atoms with van der Waals surface area (Å²) in [4.78, 5) is 13.8. The molecule has 0 spiro atoms. The molecule has 1 N–H and O–H groups in total. The fraction of sp³-hybridized carbons (Fsp3) is 0.500. The number of aryl methyl sites for hydroxylation is 1. The van der Waals surface area contributed by atoms with Crippen molar-refractivity contribution in [2.75, 3.05) is 7.05 Å². The first-order chi connectivity index (χ1) is 10.1. The molecule has 0 aliphatic heterocycles. The van der Waals surface area contributed by atoms with E-state index in [4.69, 9.17) is 4.42 Å². The van der Waals surface area contributed by atoms with Gasteiger partial charge in [-0.05, 0) is 24.5 Å². The molecule has 0 aromatic carbocycles. The zero-order valence-corrected chi connectivity index (χ0v) is 12.5. The van der Waals surface area contributed by atoms with Crippen LogP contribution in [0.25, 0.3) is 0 Å². The van der Waals surface area contributed by atoms with Crippen LogP contribution in [-0.4, -0.2) is 28.1 Å². The molecule has 0 radical (unpaired) electrons. The monoisotopic (exact) mass is 287 g/mol. The molecule has 2 atom stereocenters. The number of aromatic amines is 1. The van der Waals surface area contributed by atoms with E-state index in [2.05, 4.69) is 23.2 Å². The number of hydrogen-bond donors (Lipinski definition) is 1. The Hall–Kier alpha value is -2.04. The highest BCUT2D eigenvalue weighted by molar-refractivity contribution is 5.76. The van der Waals surface area contributed by atoms with E-state index >= 15 is 0 Å². The first-order valence-corrected chi connectivity index (χ1v) is 7.43. The van der Waals surface area contributed by atoms with Crippen LogP contribution in [0.15, 0.2) is 28.9 Å². The van der Waals surface area contributed by atoms with Gasteiger partial charge in [-0.2, -0.15) is 5.10 Å². The third kappa shape index (κ3) is 3.35. The van der Waals surface area contributed by atoms with E-state index in [-0.39, 0.29) is 5.91 Å².